The molecule has 0 radical (unpaired) electrons. The summed E-state index contributed by atoms with van der Waals surface area (Å²) in [7, 11) is 1.52. The molecular weight excluding hydrogens is 614 g/mol. The summed E-state index contributed by atoms with van der Waals surface area (Å²) in [6.45, 7) is 11.4. The van der Waals surface area contributed by atoms with E-state index in [1.54, 1.807) is 30.5 Å². The highest BCUT2D eigenvalue weighted by molar-refractivity contribution is 5.91. The molecule has 0 aliphatic carbocycles. The van der Waals surface area contributed by atoms with Crippen molar-refractivity contribution in [1.82, 2.24) is 15.2 Å². The molecular formula is C33H36F6N4O3. The quantitative estimate of drug-likeness (QED) is 0.146. The number of hydrogen-bond donors (Lipinski definition) is 2. The molecule has 3 aliphatic heterocycles. The second-order valence-electron chi connectivity index (χ2n) is 11.0. The van der Waals surface area contributed by atoms with Crippen LogP contribution < -0.4 is 15.4 Å². The molecule has 248 valence electrons. The molecule has 5 atom stereocenters. The molecule has 2 amide bonds. The summed E-state index contributed by atoms with van der Waals surface area (Å²) in [5, 5.41) is 5.79. The number of pyridine rings is 1. The molecule has 46 heavy (non-hydrogen) atoms. The third-order valence-electron chi connectivity index (χ3n) is 8.27. The van der Waals surface area contributed by atoms with Crippen LogP contribution in [-0.2, 0) is 17.1 Å². The molecule has 1 aromatic heterocycles. The Morgan fingerprint density at radius 3 is 2.30 bits per heavy atom. The van der Waals surface area contributed by atoms with E-state index >= 15 is 0 Å². The predicted molar refractivity (Wildman–Crippen MR) is 163 cm³/mol. The molecule has 3 fully saturated rings. The summed E-state index contributed by atoms with van der Waals surface area (Å²) in [6, 6.07) is 6.28. The number of urea groups is 1. The van der Waals surface area contributed by atoms with Crippen molar-refractivity contribution in [3.8, 4) is 5.75 Å². The fourth-order valence-corrected chi connectivity index (χ4v) is 6.10. The number of benzene rings is 2. The zero-order chi connectivity index (χ0) is 33.6. The van der Waals surface area contributed by atoms with Gasteiger partial charge in [-0.25, -0.2) is 4.79 Å². The van der Waals surface area contributed by atoms with Gasteiger partial charge >= 0.3 is 18.4 Å². The molecule has 0 spiro atoms. The number of rotatable bonds is 8. The van der Waals surface area contributed by atoms with E-state index in [0.717, 1.165) is 32.5 Å². The molecule has 7 nitrogen and oxygen atoms in total. The number of carbonyl (C=O) groups is 1. The Balaban J connectivity index is 0.000000892. The highest BCUT2D eigenvalue weighted by Gasteiger charge is 2.43. The molecule has 3 saturated heterocycles. The highest BCUT2D eigenvalue weighted by Crippen LogP contribution is 2.43. The lowest BCUT2D eigenvalue weighted by atomic mass is 9.73. The van der Waals surface area contributed by atoms with Gasteiger partial charge in [-0.05, 0) is 86.2 Å². The summed E-state index contributed by atoms with van der Waals surface area (Å²) in [6.07, 6.45) is -3.44. The third kappa shape index (κ3) is 8.11. The Bertz CT molecular complexity index is 1510. The van der Waals surface area contributed by atoms with Crippen LogP contribution in [0.2, 0.25) is 0 Å². The minimum atomic E-state index is -5.04. The fourth-order valence-electron chi connectivity index (χ4n) is 6.10. The van der Waals surface area contributed by atoms with E-state index in [4.69, 9.17) is 4.74 Å². The number of aromatic nitrogens is 1. The Hall–Kier alpha value is -4.26. The van der Waals surface area contributed by atoms with Crippen LogP contribution in [0.1, 0.15) is 42.5 Å². The standard InChI is InChI=1S/C29H28F6N4O2.C4H8O/c1-3-16-15-39-9-7-17(16)10-25(39)26(22-6-8-36-24-5-4-21(41-2)14-23(22)24)38-27(40)37-20-12-18(28(30,31)32)11-19(13-20)29(33,34)35;1-3-5-4-2/h3-6,8,11-14,16-17,25-26H,1,7,9-10,15H2,2H3,(H2,37,38,40);3H,1,4H2,2H3/t16?,17?,25?,26-;/m0./s1. The number of ether oxygens (including phenoxy) is 2. The average molecular weight is 651 g/mol. The van der Waals surface area contributed by atoms with E-state index in [1.165, 1.54) is 13.4 Å². The van der Waals surface area contributed by atoms with Gasteiger partial charge in [0.1, 0.15) is 5.75 Å². The largest absolute Gasteiger partial charge is 0.502 e. The van der Waals surface area contributed by atoms with Crippen molar-refractivity contribution < 1.29 is 40.6 Å². The van der Waals surface area contributed by atoms with Crippen LogP contribution in [0.5, 0.6) is 5.75 Å². The molecule has 2 bridgehead atoms. The number of anilines is 1. The first-order valence-electron chi connectivity index (χ1n) is 14.7. The monoisotopic (exact) mass is 650 g/mol. The minimum absolute atomic E-state index is 0.0183. The van der Waals surface area contributed by atoms with Crippen molar-refractivity contribution in [2.45, 2.75) is 44.2 Å². The molecule has 2 aromatic carbocycles. The van der Waals surface area contributed by atoms with Crippen molar-refractivity contribution in [3.63, 3.8) is 0 Å². The second-order valence-corrected chi connectivity index (χ2v) is 11.0. The number of carbonyl (C=O) groups excluding carboxylic acids is 1. The van der Waals surface area contributed by atoms with Crippen molar-refractivity contribution in [2.24, 2.45) is 11.8 Å². The zero-order valence-electron chi connectivity index (χ0n) is 25.4. The second kappa shape index (κ2) is 14.4. The topological polar surface area (TPSA) is 75.7 Å². The van der Waals surface area contributed by atoms with Gasteiger partial charge in [0.25, 0.3) is 0 Å². The highest BCUT2D eigenvalue weighted by atomic mass is 19.4. The maximum Gasteiger partial charge on any atom is 0.416 e. The third-order valence-corrected chi connectivity index (χ3v) is 8.27. The van der Waals surface area contributed by atoms with Crippen LogP contribution >= 0.6 is 0 Å². The number of nitrogens with one attached hydrogen (secondary N) is 2. The van der Waals surface area contributed by atoms with Gasteiger partial charge in [0.05, 0.1) is 42.7 Å². The van der Waals surface area contributed by atoms with Crippen LogP contribution in [0.3, 0.4) is 0 Å². The van der Waals surface area contributed by atoms with Crippen molar-refractivity contribution in [1.29, 1.82) is 0 Å². The van der Waals surface area contributed by atoms with Gasteiger partial charge in [0.15, 0.2) is 0 Å². The van der Waals surface area contributed by atoms with E-state index < -0.39 is 41.2 Å². The minimum Gasteiger partial charge on any atom is -0.502 e. The molecule has 0 saturated carbocycles. The molecule has 4 heterocycles. The number of alkyl halides is 6. The smallest absolute Gasteiger partial charge is 0.416 e. The lowest BCUT2D eigenvalue weighted by molar-refractivity contribution is -0.143. The molecule has 3 aliphatic rings. The van der Waals surface area contributed by atoms with Gasteiger partial charge in [0.2, 0.25) is 0 Å². The number of nitrogens with zero attached hydrogens (tertiary/aromatic N) is 2. The molecule has 13 heteroatoms. The maximum atomic E-state index is 13.4. The fraction of sp³-hybridized carbons (Fsp3) is 0.394. The van der Waals surface area contributed by atoms with E-state index in [-0.39, 0.29) is 18.0 Å². The van der Waals surface area contributed by atoms with Crippen LogP contribution in [0.15, 0.2) is 74.2 Å². The van der Waals surface area contributed by atoms with Gasteiger partial charge in [0, 0.05) is 29.9 Å². The molecule has 4 unspecified atom stereocenters. The summed E-state index contributed by atoms with van der Waals surface area (Å²) >= 11 is 0. The predicted octanol–water partition coefficient (Wildman–Crippen LogP) is 8.21. The molecule has 3 aromatic rings. The van der Waals surface area contributed by atoms with Gasteiger partial charge in [-0.2, -0.15) is 26.3 Å². The van der Waals surface area contributed by atoms with Crippen LogP contribution in [0.4, 0.5) is 36.8 Å². The van der Waals surface area contributed by atoms with E-state index in [0.29, 0.717) is 40.3 Å². The van der Waals surface area contributed by atoms with Gasteiger partial charge in [-0.3, -0.25) is 9.88 Å². The Morgan fingerprint density at radius 2 is 1.78 bits per heavy atom. The number of methoxy groups -OCH3 is 1. The van der Waals surface area contributed by atoms with Gasteiger partial charge in [-0.15, -0.1) is 6.58 Å². The molecule has 2 N–H and O–H groups in total. The first-order chi connectivity index (χ1) is 21.8. The Kier molecular flexibility index (Phi) is 10.9. The van der Waals surface area contributed by atoms with E-state index in [2.05, 4.69) is 38.4 Å². The lowest BCUT2D eigenvalue weighted by Gasteiger charge is -2.51. The molecule has 6 rings (SSSR count). The maximum absolute atomic E-state index is 13.4. The van der Waals surface area contributed by atoms with E-state index in [9.17, 15) is 31.1 Å². The number of piperidine rings is 3. The Labute approximate surface area is 263 Å². The van der Waals surface area contributed by atoms with Gasteiger partial charge in [-0.1, -0.05) is 12.7 Å². The number of halogens is 6. The SMILES string of the molecule is C=CC1CN2CCC1CC2[C@@H](NC(=O)Nc1cc(C(F)(F)F)cc(C(F)(F)F)c1)c1ccnc2ccc(OC)cc12.C=COCC. The first kappa shape index (κ1) is 34.6. The average Bonchev–Trinajstić information content (AvgIpc) is 3.03. The normalized spacial score (nSPS) is 21.4. The number of hydrogen-bond acceptors (Lipinski definition) is 5. The summed E-state index contributed by atoms with van der Waals surface area (Å²) in [4.78, 5) is 19.9. The van der Waals surface area contributed by atoms with Crippen LogP contribution in [0.25, 0.3) is 10.9 Å². The summed E-state index contributed by atoms with van der Waals surface area (Å²) in [5.74, 6) is 1.18. The van der Waals surface area contributed by atoms with Crippen LogP contribution in [0, 0.1) is 11.8 Å². The van der Waals surface area contributed by atoms with Crippen molar-refractivity contribution >= 4 is 22.6 Å². The van der Waals surface area contributed by atoms with Gasteiger partial charge < -0.3 is 20.1 Å². The number of amides is 2. The van der Waals surface area contributed by atoms with E-state index in [1.807, 2.05) is 13.0 Å². The zero-order valence-corrected chi connectivity index (χ0v) is 25.4. The Morgan fingerprint density at radius 1 is 1.09 bits per heavy atom. The van der Waals surface area contributed by atoms with Crippen LogP contribution in [-0.4, -0.2) is 48.8 Å². The summed E-state index contributed by atoms with van der Waals surface area (Å²) in [5.41, 5.74) is -2.31. The first-order valence-corrected chi connectivity index (χ1v) is 14.7. The van der Waals surface area contributed by atoms with Crippen molar-refractivity contribution in [2.75, 3.05) is 32.1 Å². The summed E-state index contributed by atoms with van der Waals surface area (Å²) < 4.78 is 90.3. The number of fused-ring (bicyclic) bond motifs is 4. The lowest BCUT2D eigenvalue weighted by Crippen LogP contribution is -2.57. The van der Waals surface area contributed by atoms with Crippen molar-refractivity contribution in [3.05, 3.63) is 90.8 Å².